The first-order chi connectivity index (χ1) is 12.7. The quantitative estimate of drug-likeness (QED) is 0.446. The predicted molar refractivity (Wildman–Crippen MR) is 105 cm³/mol. The number of fused-ring (bicyclic) bond motifs is 1. The minimum atomic E-state index is -0.637. The van der Waals surface area contributed by atoms with Crippen molar-refractivity contribution in [3.63, 3.8) is 0 Å². The maximum atomic E-state index is 12.0. The lowest BCUT2D eigenvalue weighted by molar-refractivity contribution is -0.152. The van der Waals surface area contributed by atoms with Gasteiger partial charge >= 0.3 is 5.97 Å². The van der Waals surface area contributed by atoms with Crippen molar-refractivity contribution in [1.29, 1.82) is 0 Å². The van der Waals surface area contributed by atoms with Gasteiger partial charge in [-0.2, -0.15) is 0 Å². The number of hydrogen-bond acceptors (Lipinski definition) is 3. The summed E-state index contributed by atoms with van der Waals surface area (Å²) < 4.78 is 10.7. The van der Waals surface area contributed by atoms with Gasteiger partial charge in [0.05, 0.1) is 12.9 Å². The van der Waals surface area contributed by atoms with E-state index >= 15 is 0 Å². The molecular weight excluding hydrogens is 324 g/mol. The third-order valence-electron chi connectivity index (χ3n) is 4.13. The second-order valence-electron chi connectivity index (χ2n) is 6.09. The maximum absolute atomic E-state index is 12.0. The lowest BCUT2D eigenvalue weighted by Gasteiger charge is -2.11. The molecule has 3 heteroatoms. The van der Waals surface area contributed by atoms with Crippen LogP contribution in [0.25, 0.3) is 16.8 Å². The summed E-state index contributed by atoms with van der Waals surface area (Å²) in [7, 11) is 0. The van der Waals surface area contributed by atoms with Crippen LogP contribution < -0.4 is 0 Å². The molecule has 0 saturated heterocycles. The summed E-state index contributed by atoms with van der Waals surface area (Å²) >= 11 is 0. The van der Waals surface area contributed by atoms with Gasteiger partial charge in [0.1, 0.15) is 0 Å². The van der Waals surface area contributed by atoms with Gasteiger partial charge < -0.3 is 9.47 Å². The van der Waals surface area contributed by atoms with E-state index in [1.807, 2.05) is 54.6 Å². The Balaban J connectivity index is 1.46. The summed E-state index contributed by atoms with van der Waals surface area (Å²) in [6, 6.07) is 24.3. The van der Waals surface area contributed by atoms with Gasteiger partial charge in [-0.25, -0.2) is 4.79 Å². The van der Waals surface area contributed by atoms with E-state index in [9.17, 15) is 4.79 Å². The number of rotatable bonds is 7. The smallest absolute Gasteiger partial charge is 0.347 e. The van der Waals surface area contributed by atoms with E-state index in [1.54, 1.807) is 13.2 Å². The number of carbonyl (C=O) groups is 1. The van der Waals surface area contributed by atoms with Crippen molar-refractivity contribution in [2.24, 2.45) is 0 Å². The lowest BCUT2D eigenvalue weighted by atomic mass is 10.1. The normalized spacial score (nSPS) is 12.2. The minimum absolute atomic E-state index is 0.352. The fourth-order valence-electron chi connectivity index (χ4n) is 2.63. The second kappa shape index (κ2) is 8.86. The number of ether oxygens (including phenoxy) is 2. The lowest BCUT2D eigenvalue weighted by Crippen LogP contribution is -2.22. The van der Waals surface area contributed by atoms with Crippen LogP contribution in [0, 0.1) is 0 Å². The summed E-state index contributed by atoms with van der Waals surface area (Å²) in [4.78, 5) is 12.0. The Morgan fingerprint density at radius 2 is 1.69 bits per heavy atom. The number of benzene rings is 3. The Hall–Kier alpha value is -3.07. The van der Waals surface area contributed by atoms with Crippen LogP contribution in [-0.4, -0.2) is 18.7 Å². The Bertz CT molecular complexity index is 884. The van der Waals surface area contributed by atoms with Crippen molar-refractivity contribution >= 4 is 22.8 Å². The number of hydrogen-bond donors (Lipinski definition) is 0. The zero-order chi connectivity index (χ0) is 18.2. The average Bonchev–Trinajstić information content (AvgIpc) is 2.68. The summed E-state index contributed by atoms with van der Waals surface area (Å²) in [5.74, 6) is -0.357. The Morgan fingerprint density at radius 3 is 2.50 bits per heavy atom. The van der Waals surface area contributed by atoms with E-state index in [4.69, 9.17) is 9.47 Å². The molecule has 0 amide bonds. The average molecular weight is 346 g/mol. The zero-order valence-corrected chi connectivity index (χ0v) is 14.8. The summed E-state index contributed by atoms with van der Waals surface area (Å²) in [5.41, 5.74) is 2.17. The molecule has 132 valence electrons. The fraction of sp³-hybridized carbons (Fsp3) is 0.174. The van der Waals surface area contributed by atoms with Crippen molar-refractivity contribution in [1.82, 2.24) is 0 Å². The molecule has 0 fully saturated rings. The zero-order valence-electron chi connectivity index (χ0n) is 14.8. The van der Waals surface area contributed by atoms with E-state index in [0.717, 1.165) is 11.1 Å². The van der Waals surface area contributed by atoms with Crippen LogP contribution in [0.1, 0.15) is 18.1 Å². The summed E-state index contributed by atoms with van der Waals surface area (Å²) in [5, 5.41) is 2.36. The molecule has 0 aliphatic heterocycles. The molecule has 3 nitrogen and oxygen atoms in total. The molecule has 3 rings (SSSR count). The van der Waals surface area contributed by atoms with Crippen LogP contribution in [0.4, 0.5) is 0 Å². The minimum Gasteiger partial charge on any atom is -0.487 e. The standard InChI is InChI=1S/C23H22O3/c1-18(23(24)26-16-13-19-7-3-2-4-8-19)25-15-14-20-11-12-21-9-5-6-10-22(21)17-20/h2-12,14-15,17-18H,13,16H2,1H3. The van der Waals surface area contributed by atoms with Gasteiger partial charge in [-0.1, -0.05) is 66.7 Å². The summed E-state index contributed by atoms with van der Waals surface area (Å²) in [6.45, 7) is 2.04. The van der Waals surface area contributed by atoms with E-state index in [2.05, 4.69) is 24.3 Å². The van der Waals surface area contributed by atoms with Crippen LogP contribution >= 0.6 is 0 Å². The SMILES string of the molecule is CC(OC=Cc1ccc2ccccc2c1)C(=O)OCCc1ccccc1. The molecule has 26 heavy (non-hydrogen) atoms. The molecule has 0 aromatic heterocycles. The molecule has 3 aromatic carbocycles. The Labute approximate surface area is 153 Å². The molecule has 0 aliphatic carbocycles. The first-order valence-corrected chi connectivity index (χ1v) is 8.74. The first kappa shape index (κ1) is 17.7. The molecule has 0 aliphatic rings. The topological polar surface area (TPSA) is 35.5 Å². The van der Waals surface area contributed by atoms with Crippen LogP contribution in [0.2, 0.25) is 0 Å². The molecule has 1 atom stereocenters. The fourth-order valence-corrected chi connectivity index (χ4v) is 2.63. The third-order valence-corrected chi connectivity index (χ3v) is 4.13. The maximum Gasteiger partial charge on any atom is 0.347 e. The molecule has 0 heterocycles. The van der Waals surface area contributed by atoms with Crippen molar-refractivity contribution in [2.45, 2.75) is 19.4 Å². The van der Waals surface area contributed by atoms with E-state index in [1.165, 1.54) is 10.8 Å². The molecule has 0 bridgehead atoms. The highest BCUT2D eigenvalue weighted by atomic mass is 16.6. The monoisotopic (exact) mass is 346 g/mol. The molecule has 0 saturated carbocycles. The molecule has 1 unspecified atom stereocenters. The van der Waals surface area contributed by atoms with Crippen molar-refractivity contribution in [3.8, 4) is 0 Å². The van der Waals surface area contributed by atoms with Crippen molar-refractivity contribution in [3.05, 3.63) is 90.2 Å². The van der Waals surface area contributed by atoms with Gasteiger partial charge in [0.15, 0.2) is 6.10 Å². The predicted octanol–water partition coefficient (Wildman–Crippen LogP) is 5.00. The van der Waals surface area contributed by atoms with Gasteiger partial charge in [0.2, 0.25) is 0 Å². The molecule has 0 radical (unpaired) electrons. The van der Waals surface area contributed by atoms with Gasteiger partial charge in [0.25, 0.3) is 0 Å². The van der Waals surface area contributed by atoms with Crippen LogP contribution in [-0.2, 0) is 20.7 Å². The van der Waals surface area contributed by atoms with Crippen LogP contribution in [0.3, 0.4) is 0 Å². The van der Waals surface area contributed by atoms with Crippen LogP contribution in [0.15, 0.2) is 79.1 Å². The molecule has 3 aromatic rings. The Morgan fingerprint density at radius 1 is 0.962 bits per heavy atom. The highest BCUT2D eigenvalue weighted by Crippen LogP contribution is 2.16. The molecular formula is C23H22O3. The first-order valence-electron chi connectivity index (χ1n) is 8.74. The molecule has 0 N–H and O–H groups in total. The number of esters is 1. The van der Waals surface area contributed by atoms with Crippen molar-refractivity contribution in [2.75, 3.05) is 6.61 Å². The van der Waals surface area contributed by atoms with Crippen LogP contribution in [0.5, 0.6) is 0 Å². The van der Waals surface area contributed by atoms with E-state index in [0.29, 0.717) is 13.0 Å². The summed E-state index contributed by atoms with van der Waals surface area (Å²) in [6.07, 6.45) is 3.46. The highest BCUT2D eigenvalue weighted by molar-refractivity contribution is 5.84. The van der Waals surface area contributed by atoms with Crippen molar-refractivity contribution < 1.29 is 14.3 Å². The van der Waals surface area contributed by atoms with Gasteiger partial charge in [-0.15, -0.1) is 0 Å². The third kappa shape index (κ3) is 4.96. The number of carbonyl (C=O) groups excluding carboxylic acids is 1. The Kier molecular flexibility index (Phi) is 6.05. The van der Waals surface area contributed by atoms with E-state index in [-0.39, 0.29) is 5.97 Å². The van der Waals surface area contributed by atoms with Gasteiger partial charge in [-0.3, -0.25) is 0 Å². The van der Waals surface area contributed by atoms with E-state index < -0.39 is 6.10 Å². The largest absolute Gasteiger partial charge is 0.487 e. The second-order valence-corrected chi connectivity index (χ2v) is 6.09. The van der Waals surface area contributed by atoms with Gasteiger partial charge in [-0.05, 0) is 41.0 Å². The highest BCUT2D eigenvalue weighted by Gasteiger charge is 2.14. The van der Waals surface area contributed by atoms with Gasteiger partial charge in [0, 0.05) is 6.42 Å². The molecule has 0 spiro atoms.